The van der Waals surface area contributed by atoms with Crippen LogP contribution in [0, 0.1) is 5.92 Å². The third-order valence-electron chi connectivity index (χ3n) is 5.51. The number of nitrogens with zero attached hydrogens (tertiary/aromatic N) is 1. The highest BCUT2D eigenvalue weighted by atomic mass is 35.5. The molecule has 2 aliphatic rings. The molecule has 1 aromatic rings. The van der Waals surface area contributed by atoms with E-state index in [1.807, 2.05) is 7.05 Å². The van der Waals surface area contributed by atoms with E-state index in [4.69, 9.17) is 0 Å². The van der Waals surface area contributed by atoms with Gasteiger partial charge in [0.2, 0.25) is 5.91 Å². The summed E-state index contributed by atoms with van der Waals surface area (Å²) in [6.07, 6.45) is 5.58. The molecule has 1 heterocycles. The number of aryl methyl sites for hydroxylation is 1. The molecule has 1 aromatic carbocycles. The molecule has 1 aliphatic heterocycles. The summed E-state index contributed by atoms with van der Waals surface area (Å²) in [5, 5.41) is 3.26. The monoisotopic (exact) mass is 336 g/mol. The number of likely N-dealkylation sites (tertiary alicyclic amines) is 1. The Morgan fingerprint density at radius 3 is 2.91 bits per heavy atom. The first-order chi connectivity index (χ1) is 10.6. The first-order valence-corrected chi connectivity index (χ1v) is 8.67. The second-order valence-corrected chi connectivity index (χ2v) is 7.16. The van der Waals surface area contributed by atoms with Gasteiger partial charge in [-0.1, -0.05) is 24.3 Å². The molecule has 0 aromatic heterocycles. The van der Waals surface area contributed by atoms with E-state index in [1.54, 1.807) is 0 Å². The Labute approximate surface area is 146 Å². The van der Waals surface area contributed by atoms with Gasteiger partial charge in [-0.3, -0.25) is 4.79 Å². The molecule has 1 aliphatic carbocycles. The fourth-order valence-electron chi connectivity index (χ4n) is 4.32. The van der Waals surface area contributed by atoms with Crippen molar-refractivity contribution in [1.82, 2.24) is 10.2 Å². The number of carbonyl (C=O) groups excluding carboxylic acids is 1. The zero-order valence-corrected chi connectivity index (χ0v) is 15.1. The summed E-state index contributed by atoms with van der Waals surface area (Å²) in [5.41, 5.74) is 2.31. The van der Waals surface area contributed by atoms with Crippen molar-refractivity contribution in [1.29, 1.82) is 0 Å². The SMILES string of the molecule is CNCC1CCCN(C(=O)C2(C)CCCc3ccccc32)C1.Cl. The lowest BCUT2D eigenvalue weighted by Crippen LogP contribution is -2.51. The van der Waals surface area contributed by atoms with Gasteiger partial charge < -0.3 is 10.2 Å². The average molecular weight is 337 g/mol. The molecule has 1 amide bonds. The Morgan fingerprint density at radius 2 is 2.13 bits per heavy atom. The van der Waals surface area contributed by atoms with Gasteiger partial charge in [-0.15, -0.1) is 12.4 Å². The van der Waals surface area contributed by atoms with Crippen LogP contribution >= 0.6 is 12.4 Å². The van der Waals surface area contributed by atoms with Crippen molar-refractivity contribution in [2.45, 2.75) is 44.4 Å². The molecule has 3 rings (SSSR count). The minimum Gasteiger partial charge on any atom is -0.342 e. The Morgan fingerprint density at radius 1 is 1.35 bits per heavy atom. The van der Waals surface area contributed by atoms with Crippen LogP contribution < -0.4 is 5.32 Å². The summed E-state index contributed by atoms with van der Waals surface area (Å²) in [5.74, 6) is 0.950. The van der Waals surface area contributed by atoms with Gasteiger partial charge >= 0.3 is 0 Å². The van der Waals surface area contributed by atoms with Crippen molar-refractivity contribution in [2.24, 2.45) is 5.92 Å². The van der Waals surface area contributed by atoms with Crippen LogP contribution in [-0.4, -0.2) is 37.5 Å². The molecule has 1 N–H and O–H groups in total. The van der Waals surface area contributed by atoms with E-state index < -0.39 is 0 Å². The van der Waals surface area contributed by atoms with Crippen LogP contribution in [0.15, 0.2) is 24.3 Å². The van der Waals surface area contributed by atoms with Crippen LogP contribution in [-0.2, 0) is 16.6 Å². The molecule has 0 bridgehead atoms. The zero-order valence-electron chi connectivity index (χ0n) is 14.3. The number of hydrogen-bond acceptors (Lipinski definition) is 2. The Bertz CT molecular complexity index is 546. The minimum atomic E-state index is -0.323. The number of rotatable bonds is 3. The standard InChI is InChI=1S/C19H28N2O.ClH/c1-19(11-5-9-16-8-3-4-10-17(16)19)18(22)21-12-6-7-15(14-21)13-20-2;/h3-4,8,10,15,20H,5-7,9,11-14H2,1-2H3;1H. The highest BCUT2D eigenvalue weighted by molar-refractivity contribution is 5.88. The number of halogens is 1. The molecule has 2 unspecified atom stereocenters. The van der Waals surface area contributed by atoms with E-state index in [0.717, 1.165) is 45.3 Å². The number of benzene rings is 1. The quantitative estimate of drug-likeness (QED) is 0.919. The molecule has 0 saturated carbocycles. The lowest BCUT2D eigenvalue weighted by atomic mass is 9.70. The van der Waals surface area contributed by atoms with E-state index in [0.29, 0.717) is 11.8 Å². The maximum Gasteiger partial charge on any atom is 0.232 e. The summed E-state index contributed by atoms with van der Waals surface area (Å²) in [7, 11) is 2.00. The predicted octanol–water partition coefficient (Wildman–Crippen LogP) is 3.16. The summed E-state index contributed by atoms with van der Waals surface area (Å²) in [6.45, 7) is 5.01. The Kier molecular flexibility index (Phi) is 6.10. The third-order valence-corrected chi connectivity index (χ3v) is 5.51. The van der Waals surface area contributed by atoms with Crippen LogP contribution in [0.25, 0.3) is 0 Å². The summed E-state index contributed by atoms with van der Waals surface area (Å²) in [6, 6.07) is 8.54. The van der Waals surface area contributed by atoms with Crippen LogP contribution in [0.4, 0.5) is 0 Å². The average Bonchev–Trinajstić information content (AvgIpc) is 2.55. The van der Waals surface area contributed by atoms with Gasteiger partial charge in [0.25, 0.3) is 0 Å². The van der Waals surface area contributed by atoms with Crippen LogP contribution in [0.1, 0.15) is 43.7 Å². The molecule has 23 heavy (non-hydrogen) atoms. The lowest BCUT2D eigenvalue weighted by molar-refractivity contribution is -0.139. The van der Waals surface area contributed by atoms with Crippen molar-refractivity contribution in [3.8, 4) is 0 Å². The van der Waals surface area contributed by atoms with Gasteiger partial charge in [0.05, 0.1) is 5.41 Å². The van der Waals surface area contributed by atoms with Crippen LogP contribution in [0.5, 0.6) is 0 Å². The molecule has 1 fully saturated rings. The molecular formula is C19H29ClN2O. The van der Waals surface area contributed by atoms with Gasteiger partial charge in [-0.2, -0.15) is 0 Å². The van der Waals surface area contributed by atoms with Crippen molar-refractivity contribution in [3.05, 3.63) is 35.4 Å². The smallest absolute Gasteiger partial charge is 0.232 e. The fraction of sp³-hybridized carbons (Fsp3) is 0.632. The van der Waals surface area contributed by atoms with Crippen molar-refractivity contribution in [3.63, 3.8) is 0 Å². The predicted molar refractivity (Wildman–Crippen MR) is 97.2 cm³/mol. The van der Waals surface area contributed by atoms with Gasteiger partial charge in [0, 0.05) is 13.1 Å². The van der Waals surface area contributed by atoms with Crippen molar-refractivity contribution >= 4 is 18.3 Å². The van der Waals surface area contributed by atoms with E-state index in [2.05, 4.69) is 41.4 Å². The fourth-order valence-corrected chi connectivity index (χ4v) is 4.32. The molecule has 3 nitrogen and oxygen atoms in total. The lowest BCUT2D eigenvalue weighted by Gasteiger charge is -2.41. The maximum atomic E-state index is 13.3. The molecule has 128 valence electrons. The second kappa shape index (κ2) is 7.67. The number of nitrogens with one attached hydrogen (secondary N) is 1. The number of amides is 1. The number of piperidine rings is 1. The Hall–Kier alpha value is -1.06. The highest BCUT2D eigenvalue weighted by Crippen LogP contribution is 2.39. The summed E-state index contributed by atoms with van der Waals surface area (Å²) in [4.78, 5) is 15.4. The van der Waals surface area contributed by atoms with E-state index in [1.165, 1.54) is 17.5 Å². The number of hydrogen-bond donors (Lipinski definition) is 1. The van der Waals surface area contributed by atoms with E-state index in [-0.39, 0.29) is 17.8 Å². The molecular weight excluding hydrogens is 308 g/mol. The van der Waals surface area contributed by atoms with E-state index in [9.17, 15) is 4.79 Å². The Balaban J connectivity index is 0.00000192. The van der Waals surface area contributed by atoms with Gasteiger partial charge in [-0.25, -0.2) is 0 Å². The normalized spacial score (nSPS) is 27.0. The van der Waals surface area contributed by atoms with Crippen LogP contribution in [0.2, 0.25) is 0 Å². The third kappa shape index (κ3) is 3.56. The van der Waals surface area contributed by atoms with Crippen molar-refractivity contribution in [2.75, 3.05) is 26.7 Å². The molecule has 0 radical (unpaired) electrons. The first-order valence-electron chi connectivity index (χ1n) is 8.67. The zero-order chi connectivity index (χ0) is 15.6. The largest absolute Gasteiger partial charge is 0.342 e. The summed E-state index contributed by atoms with van der Waals surface area (Å²) >= 11 is 0. The van der Waals surface area contributed by atoms with Crippen LogP contribution in [0.3, 0.4) is 0 Å². The first kappa shape index (κ1) is 18.3. The number of fused-ring (bicyclic) bond motifs is 1. The molecule has 1 saturated heterocycles. The number of carbonyl (C=O) groups is 1. The molecule has 2 atom stereocenters. The minimum absolute atomic E-state index is 0. The maximum absolute atomic E-state index is 13.3. The highest BCUT2D eigenvalue weighted by Gasteiger charge is 2.42. The van der Waals surface area contributed by atoms with Gasteiger partial charge in [0.1, 0.15) is 0 Å². The van der Waals surface area contributed by atoms with Gasteiger partial charge in [0.15, 0.2) is 0 Å². The topological polar surface area (TPSA) is 32.3 Å². The van der Waals surface area contributed by atoms with E-state index >= 15 is 0 Å². The van der Waals surface area contributed by atoms with Crippen molar-refractivity contribution < 1.29 is 4.79 Å². The van der Waals surface area contributed by atoms with Gasteiger partial charge in [-0.05, 0) is 69.7 Å². The summed E-state index contributed by atoms with van der Waals surface area (Å²) < 4.78 is 0. The second-order valence-electron chi connectivity index (χ2n) is 7.16. The molecule has 0 spiro atoms. The molecule has 4 heteroatoms.